The molecular weight excluding hydrogens is 556 g/mol. The van der Waals surface area contributed by atoms with Crippen LogP contribution in [0.4, 0.5) is 0 Å². The topological polar surface area (TPSA) is 17.8 Å². The number of aromatic nitrogens is 2. The van der Waals surface area contributed by atoms with Crippen molar-refractivity contribution < 1.29 is 0 Å². The van der Waals surface area contributed by atoms with Crippen molar-refractivity contribution in [3.63, 3.8) is 0 Å². The zero-order valence-electron chi connectivity index (χ0n) is 25.3. The molecule has 0 atom stereocenters. The van der Waals surface area contributed by atoms with Crippen LogP contribution in [-0.4, -0.2) is 9.55 Å². The van der Waals surface area contributed by atoms with Gasteiger partial charge in [-0.25, -0.2) is 0 Å². The summed E-state index contributed by atoms with van der Waals surface area (Å²) in [5, 5.41) is 11.5. The Hall–Kier alpha value is -5.99. The quantitative estimate of drug-likeness (QED) is 0.189. The van der Waals surface area contributed by atoms with Crippen molar-refractivity contribution in [1.82, 2.24) is 9.55 Å². The average Bonchev–Trinajstić information content (AvgIpc) is 3.43. The molecule has 0 aliphatic heterocycles. The average molecular weight is 585 g/mol. The molecule has 0 aliphatic carbocycles. The largest absolute Gasteiger partial charge is 0.309 e. The standard InChI is InChI=1S/C44H28N2/c1-27-8-10-28(11-9-27)34-20-14-30-17-23-38-35(21-15-31-16-22-37(34)43(30)44(31)38)29-12-18-33(19-13-29)46-41-7-3-2-6-36(41)39-26-40-32(25-42(39)46)5-4-24-45-40/h2-26H,1H3. The van der Waals surface area contributed by atoms with Gasteiger partial charge in [-0.1, -0.05) is 115 Å². The molecule has 8 aromatic carbocycles. The highest BCUT2D eigenvalue weighted by Gasteiger charge is 2.16. The number of para-hydroxylation sites is 1. The number of nitrogens with zero attached hydrogens (tertiary/aromatic N) is 2. The Labute approximate surface area is 266 Å². The van der Waals surface area contributed by atoms with Gasteiger partial charge in [-0.3, -0.25) is 4.98 Å². The normalized spacial score (nSPS) is 12.0. The molecule has 0 spiro atoms. The zero-order chi connectivity index (χ0) is 30.4. The van der Waals surface area contributed by atoms with Crippen molar-refractivity contribution in [2.45, 2.75) is 6.92 Å². The maximum atomic E-state index is 4.63. The number of aryl methyl sites for hydroxylation is 1. The smallest absolute Gasteiger partial charge is 0.0709 e. The van der Waals surface area contributed by atoms with Gasteiger partial charge in [0.05, 0.1) is 16.6 Å². The first kappa shape index (κ1) is 25.3. The maximum Gasteiger partial charge on any atom is 0.0709 e. The fourth-order valence-corrected chi connectivity index (χ4v) is 7.64. The Balaban J connectivity index is 1.15. The number of hydrogen-bond donors (Lipinski definition) is 0. The van der Waals surface area contributed by atoms with Gasteiger partial charge in [0.15, 0.2) is 0 Å². The monoisotopic (exact) mass is 584 g/mol. The summed E-state index contributed by atoms with van der Waals surface area (Å²) in [5.74, 6) is 0. The first-order chi connectivity index (χ1) is 22.7. The summed E-state index contributed by atoms with van der Waals surface area (Å²) in [6, 6.07) is 53.6. The molecule has 10 rings (SSSR count). The second-order valence-electron chi connectivity index (χ2n) is 12.5. The Morgan fingerprint density at radius 3 is 1.78 bits per heavy atom. The summed E-state index contributed by atoms with van der Waals surface area (Å²) in [7, 11) is 0. The molecular formula is C44H28N2. The van der Waals surface area contributed by atoms with Crippen LogP contribution in [0, 0.1) is 6.92 Å². The van der Waals surface area contributed by atoms with Crippen LogP contribution in [0.5, 0.6) is 0 Å². The van der Waals surface area contributed by atoms with E-state index >= 15 is 0 Å². The molecule has 0 fully saturated rings. The van der Waals surface area contributed by atoms with E-state index in [2.05, 4.69) is 156 Å². The minimum atomic E-state index is 1.02. The van der Waals surface area contributed by atoms with Crippen LogP contribution in [0.3, 0.4) is 0 Å². The van der Waals surface area contributed by atoms with Crippen LogP contribution >= 0.6 is 0 Å². The Kier molecular flexibility index (Phi) is 5.24. The van der Waals surface area contributed by atoms with E-state index in [1.807, 2.05) is 12.3 Å². The Morgan fingerprint density at radius 1 is 0.457 bits per heavy atom. The molecule has 2 heteroatoms. The highest BCUT2D eigenvalue weighted by atomic mass is 15.0. The third-order valence-corrected chi connectivity index (χ3v) is 9.86. The van der Waals surface area contributed by atoms with Gasteiger partial charge in [-0.15, -0.1) is 0 Å². The SMILES string of the molecule is Cc1ccc(-c2ccc3ccc4c(-c5ccc(-n6c7ccccc7c7cc8ncccc8cc76)cc5)ccc5ccc2c3c54)cc1. The predicted octanol–water partition coefficient (Wildman–Crippen LogP) is 11.9. The van der Waals surface area contributed by atoms with Crippen LogP contribution in [-0.2, 0) is 0 Å². The van der Waals surface area contributed by atoms with Crippen LogP contribution in [0.25, 0.3) is 93.0 Å². The number of benzene rings is 8. The van der Waals surface area contributed by atoms with E-state index in [4.69, 9.17) is 0 Å². The van der Waals surface area contributed by atoms with E-state index in [-0.39, 0.29) is 0 Å². The molecule has 0 aliphatic rings. The first-order valence-electron chi connectivity index (χ1n) is 15.9. The van der Waals surface area contributed by atoms with Crippen molar-refractivity contribution in [3.05, 3.63) is 157 Å². The molecule has 0 unspecified atom stereocenters. The van der Waals surface area contributed by atoms with Crippen LogP contribution in [0.1, 0.15) is 5.56 Å². The first-order valence-corrected chi connectivity index (χ1v) is 15.9. The summed E-state index contributed by atoms with van der Waals surface area (Å²) in [5.41, 5.74) is 10.9. The molecule has 0 amide bonds. The van der Waals surface area contributed by atoms with E-state index in [1.54, 1.807) is 0 Å². The lowest BCUT2D eigenvalue weighted by Gasteiger charge is -2.17. The number of rotatable bonds is 3. The molecule has 2 aromatic heterocycles. The molecule has 0 bridgehead atoms. The third-order valence-electron chi connectivity index (χ3n) is 9.86. The number of hydrogen-bond acceptors (Lipinski definition) is 1. The Bertz CT molecular complexity index is 2780. The van der Waals surface area contributed by atoms with Gasteiger partial charge in [0.25, 0.3) is 0 Å². The summed E-state index contributed by atoms with van der Waals surface area (Å²) in [6.45, 7) is 2.14. The predicted molar refractivity (Wildman–Crippen MR) is 195 cm³/mol. The molecule has 214 valence electrons. The van der Waals surface area contributed by atoms with Gasteiger partial charge in [0.1, 0.15) is 0 Å². The minimum Gasteiger partial charge on any atom is -0.309 e. The number of fused-ring (bicyclic) bond motifs is 4. The summed E-state index contributed by atoms with van der Waals surface area (Å²) in [4.78, 5) is 4.63. The van der Waals surface area contributed by atoms with Crippen LogP contribution in [0.2, 0.25) is 0 Å². The fraction of sp³-hybridized carbons (Fsp3) is 0.0227. The van der Waals surface area contributed by atoms with Crippen molar-refractivity contribution in [2.75, 3.05) is 0 Å². The van der Waals surface area contributed by atoms with Gasteiger partial charge in [0.2, 0.25) is 0 Å². The van der Waals surface area contributed by atoms with Gasteiger partial charge in [-0.2, -0.15) is 0 Å². The second-order valence-corrected chi connectivity index (χ2v) is 12.5. The van der Waals surface area contributed by atoms with Gasteiger partial charge in [-0.05, 0) is 97.9 Å². The van der Waals surface area contributed by atoms with E-state index in [9.17, 15) is 0 Å². The number of pyridine rings is 1. The van der Waals surface area contributed by atoms with Crippen molar-refractivity contribution in [1.29, 1.82) is 0 Å². The molecule has 2 nitrogen and oxygen atoms in total. The van der Waals surface area contributed by atoms with E-state index in [0.717, 1.165) is 16.6 Å². The van der Waals surface area contributed by atoms with Gasteiger partial charge >= 0.3 is 0 Å². The lowest BCUT2D eigenvalue weighted by Crippen LogP contribution is -1.94. The maximum absolute atomic E-state index is 4.63. The fourth-order valence-electron chi connectivity index (χ4n) is 7.64. The zero-order valence-corrected chi connectivity index (χ0v) is 25.3. The van der Waals surface area contributed by atoms with Crippen molar-refractivity contribution in [3.8, 4) is 27.9 Å². The molecule has 0 saturated heterocycles. The van der Waals surface area contributed by atoms with Gasteiger partial charge in [0, 0.05) is 28.0 Å². The molecule has 2 heterocycles. The van der Waals surface area contributed by atoms with Crippen LogP contribution < -0.4 is 0 Å². The Morgan fingerprint density at radius 2 is 1.09 bits per heavy atom. The molecule has 0 radical (unpaired) electrons. The van der Waals surface area contributed by atoms with E-state index < -0.39 is 0 Å². The van der Waals surface area contributed by atoms with Crippen molar-refractivity contribution in [2.24, 2.45) is 0 Å². The van der Waals surface area contributed by atoms with Gasteiger partial charge < -0.3 is 4.57 Å². The highest BCUT2D eigenvalue weighted by Crippen LogP contribution is 2.43. The molecule has 46 heavy (non-hydrogen) atoms. The second kappa shape index (κ2) is 9.50. The van der Waals surface area contributed by atoms with E-state index in [0.29, 0.717) is 0 Å². The summed E-state index contributed by atoms with van der Waals surface area (Å²) < 4.78 is 2.39. The molecule has 0 saturated carbocycles. The molecule has 0 N–H and O–H groups in total. The van der Waals surface area contributed by atoms with Crippen molar-refractivity contribution >= 4 is 65.0 Å². The third kappa shape index (κ3) is 3.61. The lowest BCUT2D eigenvalue weighted by atomic mass is 9.87. The minimum absolute atomic E-state index is 1.02. The molecule has 10 aromatic rings. The van der Waals surface area contributed by atoms with Crippen LogP contribution in [0.15, 0.2) is 152 Å². The summed E-state index contributed by atoms with van der Waals surface area (Å²) >= 11 is 0. The summed E-state index contributed by atoms with van der Waals surface area (Å²) in [6.07, 6.45) is 1.87. The lowest BCUT2D eigenvalue weighted by molar-refractivity contribution is 1.18. The van der Waals surface area contributed by atoms with E-state index in [1.165, 1.54) is 81.9 Å². The highest BCUT2D eigenvalue weighted by molar-refractivity contribution is 6.27.